The molecular formula is C15H15IN2O2S. The molecule has 0 spiro atoms. The largest absolute Gasteiger partial charge is 0.385 e. The molecule has 3 rings (SSSR count). The lowest BCUT2D eigenvalue weighted by molar-refractivity contribution is 0.601. The van der Waals surface area contributed by atoms with Crippen LogP contribution in [-0.2, 0) is 16.4 Å². The summed E-state index contributed by atoms with van der Waals surface area (Å²) in [6.45, 7) is 0.890. The van der Waals surface area contributed by atoms with E-state index in [2.05, 4.69) is 32.6 Å². The molecule has 0 aromatic heterocycles. The van der Waals surface area contributed by atoms with Crippen molar-refractivity contribution in [3.8, 4) is 0 Å². The van der Waals surface area contributed by atoms with Crippen LogP contribution in [0.4, 0.5) is 11.4 Å². The first-order valence-electron chi connectivity index (χ1n) is 6.70. The number of hydrogen-bond donors (Lipinski definition) is 2. The van der Waals surface area contributed by atoms with E-state index in [0.29, 0.717) is 5.69 Å². The molecule has 1 heterocycles. The molecule has 4 nitrogen and oxygen atoms in total. The van der Waals surface area contributed by atoms with Gasteiger partial charge in [-0.1, -0.05) is 6.07 Å². The molecule has 110 valence electrons. The van der Waals surface area contributed by atoms with Crippen LogP contribution in [0.25, 0.3) is 0 Å². The molecule has 0 fully saturated rings. The molecule has 2 aromatic carbocycles. The molecule has 0 amide bonds. The van der Waals surface area contributed by atoms with E-state index in [1.807, 2.05) is 18.2 Å². The van der Waals surface area contributed by atoms with Gasteiger partial charge in [0, 0.05) is 21.5 Å². The number of anilines is 2. The van der Waals surface area contributed by atoms with Crippen LogP contribution in [0.3, 0.4) is 0 Å². The quantitative estimate of drug-likeness (QED) is 0.757. The Labute approximate surface area is 138 Å². The van der Waals surface area contributed by atoms with E-state index in [0.717, 1.165) is 28.6 Å². The lowest BCUT2D eigenvalue weighted by atomic mass is 10.0. The van der Waals surface area contributed by atoms with E-state index >= 15 is 0 Å². The first-order valence-corrected chi connectivity index (χ1v) is 9.26. The molecule has 0 atom stereocenters. The van der Waals surface area contributed by atoms with E-state index in [1.165, 1.54) is 5.56 Å². The van der Waals surface area contributed by atoms with Crippen molar-refractivity contribution in [2.75, 3.05) is 16.6 Å². The predicted molar refractivity (Wildman–Crippen MR) is 93.2 cm³/mol. The molecule has 0 saturated carbocycles. The van der Waals surface area contributed by atoms with Crippen molar-refractivity contribution in [1.29, 1.82) is 0 Å². The Bertz CT molecular complexity index is 758. The maximum Gasteiger partial charge on any atom is 0.261 e. The maximum absolute atomic E-state index is 12.4. The van der Waals surface area contributed by atoms with Gasteiger partial charge in [-0.15, -0.1) is 0 Å². The average molecular weight is 414 g/mol. The minimum absolute atomic E-state index is 0.286. The van der Waals surface area contributed by atoms with Gasteiger partial charge in [-0.05, 0) is 77.4 Å². The van der Waals surface area contributed by atoms with Crippen molar-refractivity contribution in [3.05, 3.63) is 51.6 Å². The molecule has 2 aromatic rings. The van der Waals surface area contributed by atoms with Crippen LogP contribution in [0.1, 0.15) is 12.0 Å². The molecule has 0 radical (unpaired) electrons. The number of nitrogens with one attached hydrogen (secondary N) is 2. The second kappa shape index (κ2) is 5.84. The molecule has 1 aliphatic heterocycles. The molecule has 0 saturated heterocycles. The molecule has 0 unspecified atom stereocenters. The molecule has 21 heavy (non-hydrogen) atoms. The van der Waals surface area contributed by atoms with Crippen molar-refractivity contribution >= 4 is 44.0 Å². The normalized spacial score (nSPS) is 14.1. The third kappa shape index (κ3) is 3.32. The van der Waals surface area contributed by atoms with Gasteiger partial charge >= 0.3 is 0 Å². The Kier molecular flexibility index (Phi) is 4.08. The average Bonchev–Trinajstić information content (AvgIpc) is 2.49. The second-order valence-corrected chi connectivity index (χ2v) is 7.89. The monoisotopic (exact) mass is 414 g/mol. The minimum atomic E-state index is -3.55. The van der Waals surface area contributed by atoms with Gasteiger partial charge in [-0.3, -0.25) is 4.72 Å². The summed E-state index contributed by atoms with van der Waals surface area (Å²) in [5, 5.41) is 3.25. The van der Waals surface area contributed by atoms with Crippen LogP contribution in [0.5, 0.6) is 0 Å². The molecular weight excluding hydrogens is 399 g/mol. The zero-order valence-corrected chi connectivity index (χ0v) is 14.2. The fourth-order valence-electron chi connectivity index (χ4n) is 2.34. The van der Waals surface area contributed by atoms with Gasteiger partial charge in [0.15, 0.2) is 0 Å². The molecule has 1 aliphatic rings. The van der Waals surface area contributed by atoms with Gasteiger partial charge in [-0.2, -0.15) is 0 Å². The molecule has 2 N–H and O–H groups in total. The fourth-order valence-corrected chi connectivity index (χ4v) is 3.78. The van der Waals surface area contributed by atoms with Gasteiger partial charge in [0.2, 0.25) is 0 Å². The SMILES string of the molecule is O=S(=O)(Nc1ccc(I)cc1)c1ccc2c(c1)NCCC2. The summed E-state index contributed by atoms with van der Waals surface area (Å²) in [5.41, 5.74) is 2.67. The second-order valence-electron chi connectivity index (χ2n) is 4.96. The van der Waals surface area contributed by atoms with Crippen LogP contribution >= 0.6 is 22.6 Å². The third-order valence-electron chi connectivity index (χ3n) is 3.43. The lowest BCUT2D eigenvalue weighted by Gasteiger charge is -2.19. The zero-order chi connectivity index (χ0) is 14.9. The fraction of sp³-hybridized carbons (Fsp3) is 0.200. The number of aryl methyl sites for hydroxylation is 1. The van der Waals surface area contributed by atoms with Crippen molar-refractivity contribution in [2.24, 2.45) is 0 Å². The molecule has 6 heteroatoms. The van der Waals surface area contributed by atoms with Crippen LogP contribution in [0.2, 0.25) is 0 Å². The van der Waals surface area contributed by atoms with Gasteiger partial charge in [-0.25, -0.2) is 8.42 Å². The van der Waals surface area contributed by atoms with Crippen molar-refractivity contribution < 1.29 is 8.42 Å². The van der Waals surface area contributed by atoms with E-state index in [4.69, 9.17) is 0 Å². The van der Waals surface area contributed by atoms with Gasteiger partial charge in [0.1, 0.15) is 0 Å². The number of rotatable bonds is 3. The van der Waals surface area contributed by atoms with Crippen LogP contribution in [0, 0.1) is 3.57 Å². The first kappa shape index (κ1) is 14.6. The van der Waals surface area contributed by atoms with E-state index in [9.17, 15) is 8.42 Å². The van der Waals surface area contributed by atoms with Crippen LogP contribution in [-0.4, -0.2) is 15.0 Å². The van der Waals surface area contributed by atoms with Crippen molar-refractivity contribution in [3.63, 3.8) is 0 Å². The number of fused-ring (bicyclic) bond motifs is 1. The van der Waals surface area contributed by atoms with Gasteiger partial charge in [0.05, 0.1) is 4.90 Å². The van der Waals surface area contributed by atoms with Crippen LogP contribution in [0.15, 0.2) is 47.4 Å². The highest BCUT2D eigenvalue weighted by Gasteiger charge is 2.17. The zero-order valence-electron chi connectivity index (χ0n) is 11.3. The maximum atomic E-state index is 12.4. The topological polar surface area (TPSA) is 58.2 Å². The summed E-state index contributed by atoms with van der Waals surface area (Å²) in [5.74, 6) is 0. The molecule has 0 bridgehead atoms. The van der Waals surface area contributed by atoms with Gasteiger partial charge < -0.3 is 5.32 Å². The summed E-state index contributed by atoms with van der Waals surface area (Å²) < 4.78 is 28.5. The summed E-state index contributed by atoms with van der Waals surface area (Å²) >= 11 is 2.18. The lowest BCUT2D eigenvalue weighted by Crippen LogP contribution is -2.16. The Morgan fingerprint density at radius 3 is 2.62 bits per heavy atom. The Morgan fingerprint density at radius 2 is 1.86 bits per heavy atom. The third-order valence-corrected chi connectivity index (χ3v) is 5.52. The summed E-state index contributed by atoms with van der Waals surface area (Å²) in [7, 11) is -3.55. The Hall–Kier alpha value is -1.28. The number of sulfonamides is 1. The number of hydrogen-bond acceptors (Lipinski definition) is 3. The highest BCUT2D eigenvalue weighted by molar-refractivity contribution is 14.1. The standard InChI is InChI=1S/C15H15IN2O2S/c16-12-4-6-13(7-5-12)18-21(19,20)14-8-3-11-2-1-9-17-15(11)10-14/h3-8,10,17-18H,1-2,9H2. The summed E-state index contributed by atoms with van der Waals surface area (Å²) in [6, 6.07) is 12.5. The minimum Gasteiger partial charge on any atom is -0.385 e. The molecule has 0 aliphatic carbocycles. The number of halogens is 1. The van der Waals surface area contributed by atoms with Crippen molar-refractivity contribution in [1.82, 2.24) is 0 Å². The smallest absolute Gasteiger partial charge is 0.261 e. The van der Waals surface area contributed by atoms with E-state index in [-0.39, 0.29) is 4.90 Å². The highest BCUT2D eigenvalue weighted by atomic mass is 127. The van der Waals surface area contributed by atoms with Crippen LogP contribution < -0.4 is 10.0 Å². The summed E-state index contributed by atoms with van der Waals surface area (Å²) in [4.78, 5) is 0.286. The summed E-state index contributed by atoms with van der Waals surface area (Å²) in [6.07, 6.45) is 2.08. The van der Waals surface area contributed by atoms with E-state index in [1.54, 1.807) is 24.3 Å². The van der Waals surface area contributed by atoms with E-state index < -0.39 is 10.0 Å². The first-order chi connectivity index (χ1) is 10.0. The number of benzene rings is 2. The van der Waals surface area contributed by atoms with Gasteiger partial charge in [0.25, 0.3) is 10.0 Å². The highest BCUT2D eigenvalue weighted by Crippen LogP contribution is 2.26. The van der Waals surface area contributed by atoms with Crippen molar-refractivity contribution in [2.45, 2.75) is 17.7 Å². The Morgan fingerprint density at radius 1 is 1.10 bits per heavy atom. The predicted octanol–water partition coefficient (Wildman–Crippen LogP) is 3.45. The Balaban J connectivity index is 1.89.